The highest BCUT2D eigenvalue weighted by Crippen LogP contribution is 2.21. The van der Waals surface area contributed by atoms with Gasteiger partial charge in [-0.3, -0.25) is 9.48 Å². The minimum Gasteiger partial charge on any atom is -0.393 e. The van der Waals surface area contributed by atoms with Gasteiger partial charge in [0.1, 0.15) is 11.8 Å². The lowest BCUT2D eigenvalue weighted by atomic mass is 10.1. The Kier molecular flexibility index (Phi) is 4.02. The summed E-state index contributed by atoms with van der Waals surface area (Å²) in [6.07, 6.45) is -1.05. The van der Waals surface area contributed by atoms with Crippen molar-refractivity contribution in [3.8, 4) is 0 Å². The molecule has 26 heavy (non-hydrogen) atoms. The van der Waals surface area contributed by atoms with Gasteiger partial charge in [-0.15, -0.1) is 0 Å². The summed E-state index contributed by atoms with van der Waals surface area (Å²) >= 11 is 0. The second-order valence-electron chi connectivity index (χ2n) is 6.14. The number of fused-ring (bicyclic) bond motifs is 2. The molecular formula is C17H17N5O4. The predicted molar refractivity (Wildman–Crippen MR) is 91.4 cm³/mol. The Bertz CT molecular complexity index is 1040. The van der Waals surface area contributed by atoms with Gasteiger partial charge in [-0.2, -0.15) is 10.1 Å². The maximum absolute atomic E-state index is 13.0. The minimum absolute atomic E-state index is 0.118. The number of hydrogen-bond donors (Lipinski definition) is 3. The standard InChI is InChI=1S/C17H17N5O4/c23-9-14(24)13-7-10-8-21(5-6-22(10)20-13)16(25)15-11-3-1-2-4-12(11)18-17(26)19-15/h1-4,7,14,23-24H,5-6,8-9H2,(H,18,19,26). The van der Waals surface area contributed by atoms with Crippen molar-refractivity contribution in [1.29, 1.82) is 0 Å². The zero-order valence-electron chi connectivity index (χ0n) is 13.8. The average Bonchev–Trinajstić information content (AvgIpc) is 3.09. The lowest BCUT2D eigenvalue weighted by molar-refractivity contribution is 0.0700. The lowest BCUT2D eigenvalue weighted by Crippen LogP contribution is -2.39. The van der Waals surface area contributed by atoms with E-state index < -0.39 is 18.4 Å². The molecule has 2 aromatic heterocycles. The molecule has 9 nitrogen and oxygen atoms in total. The number of aliphatic hydroxyl groups excluding tert-OH is 2. The van der Waals surface area contributed by atoms with E-state index in [9.17, 15) is 14.7 Å². The van der Waals surface area contributed by atoms with Gasteiger partial charge in [-0.05, 0) is 12.1 Å². The number of aromatic nitrogens is 4. The highest BCUT2D eigenvalue weighted by molar-refractivity contribution is 6.04. The molecule has 1 aliphatic heterocycles. The highest BCUT2D eigenvalue weighted by atomic mass is 16.3. The molecule has 134 valence electrons. The van der Waals surface area contributed by atoms with Gasteiger partial charge in [0.2, 0.25) is 0 Å². The Morgan fingerprint density at radius 1 is 1.31 bits per heavy atom. The molecule has 1 atom stereocenters. The zero-order valence-corrected chi connectivity index (χ0v) is 13.8. The molecule has 0 radical (unpaired) electrons. The first-order chi connectivity index (χ1) is 12.6. The number of nitrogens with one attached hydrogen (secondary N) is 1. The van der Waals surface area contributed by atoms with Crippen molar-refractivity contribution in [2.45, 2.75) is 19.2 Å². The summed E-state index contributed by atoms with van der Waals surface area (Å²) in [4.78, 5) is 32.9. The Morgan fingerprint density at radius 3 is 2.92 bits per heavy atom. The fourth-order valence-corrected chi connectivity index (χ4v) is 3.13. The average molecular weight is 355 g/mol. The van der Waals surface area contributed by atoms with E-state index in [4.69, 9.17) is 5.11 Å². The van der Waals surface area contributed by atoms with Gasteiger partial charge in [-0.1, -0.05) is 18.2 Å². The van der Waals surface area contributed by atoms with Crippen LogP contribution in [0.25, 0.3) is 10.9 Å². The first kappa shape index (κ1) is 16.4. The molecule has 0 saturated carbocycles. The first-order valence-electron chi connectivity index (χ1n) is 8.20. The van der Waals surface area contributed by atoms with Gasteiger partial charge in [0.25, 0.3) is 5.91 Å². The summed E-state index contributed by atoms with van der Waals surface area (Å²) in [5.41, 5.74) is 1.24. The zero-order chi connectivity index (χ0) is 18.3. The Labute approximate surface area is 147 Å². The first-order valence-corrected chi connectivity index (χ1v) is 8.20. The molecule has 0 fully saturated rings. The van der Waals surface area contributed by atoms with Crippen molar-refractivity contribution >= 4 is 16.8 Å². The number of para-hydroxylation sites is 1. The summed E-state index contributed by atoms with van der Waals surface area (Å²) in [5.74, 6) is -0.330. The number of aliphatic hydroxyl groups is 2. The number of nitrogens with zero attached hydrogens (tertiary/aromatic N) is 4. The number of rotatable bonds is 3. The van der Waals surface area contributed by atoms with Gasteiger partial charge < -0.3 is 20.1 Å². The molecule has 3 heterocycles. The summed E-state index contributed by atoms with van der Waals surface area (Å²) in [7, 11) is 0. The van der Waals surface area contributed by atoms with Crippen molar-refractivity contribution in [1.82, 2.24) is 24.6 Å². The van der Waals surface area contributed by atoms with E-state index in [0.717, 1.165) is 5.69 Å². The van der Waals surface area contributed by atoms with E-state index in [1.807, 2.05) is 0 Å². The molecule has 1 unspecified atom stereocenters. The van der Waals surface area contributed by atoms with E-state index in [0.29, 0.717) is 29.7 Å². The molecule has 4 rings (SSSR count). The molecular weight excluding hydrogens is 338 g/mol. The number of hydrogen-bond acceptors (Lipinski definition) is 6. The van der Waals surface area contributed by atoms with E-state index in [1.54, 1.807) is 39.9 Å². The van der Waals surface area contributed by atoms with Crippen LogP contribution in [0, 0.1) is 0 Å². The van der Waals surface area contributed by atoms with Crippen LogP contribution in [0.2, 0.25) is 0 Å². The fraction of sp³-hybridized carbons (Fsp3) is 0.294. The summed E-state index contributed by atoms with van der Waals surface area (Å²) in [6.45, 7) is 0.736. The van der Waals surface area contributed by atoms with Crippen LogP contribution in [0.5, 0.6) is 0 Å². The van der Waals surface area contributed by atoms with Gasteiger partial charge in [0.15, 0.2) is 0 Å². The number of benzene rings is 1. The van der Waals surface area contributed by atoms with Gasteiger partial charge in [-0.25, -0.2) is 4.79 Å². The van der Waals surface area contributed by atoms with Crippen molar-refractivity contribution < 1.29 is 15.0 Å². The summed E-state index contributed by atoms with van der Waals surface area (Å²) < 4.78 is 1.71. The third kappa shape index (κ3) is 2.76. The third-order valence-corrected chi connectivity index (χ3v) is 4.46. The molecule has 3 aromatic rings. The molecule has 0 saturated heterocycles. The van der Waals surface area contributed by atoms with E-state index in [2.05, 4.69) is 15.1 Å². The number of carbonyl (C=O) groups excluding carboxylic acids is 1. The monoisotopic (exact) mass is 355 g/mol. The maximum atomic E-state index is 13.0. The smallest absolute Gasteiger partial charge is 0.346 e. The van der Waals surface area contributed by atoms with Crippen molar-refractivity contribution in [3.05, 3.63) is 57.9 Å². The van der Waals surface area contributed by atoms with Crippen LogP contribution in [-0.2, 0) is 13.1 Å². The fourth-order valence-electron chi connectivity index (χ4n) is 3.13. The quantitative estimate of drug-likeness (QED) is 0.598. The van der Waals surface area contributed by atoms with Gasteiger partial charge >= 0.3 is 5.69 Å². The van der Waals surface area contributed by atoms with Crippen LogP contribution < -0.4 is 5.69 Å². The lowest BCUT2D eigenvalue weighted by Gasteiger charge is -2.27. The van der Waals surface area contributed by atoms with Crippen LogP contribution in [0.1, 0.15) is 28.0 Å². The predicted octanol–water partition coefficient (Wildman–Crippen LogP) is -0.199. The molecule has 9 heteroatoms. The normalized spacial score (nSPS) is 15.1. The van der Waals surface area contributed by atoms with Gasteiger partial charge in [0, 0.05) is 11.9 Å². The van der Waals surface area contributed by atoms with Crippen LogP contribution in [-0.4, -0.2) is 53.9 Å². The molecule has 1 amide bonds. The van der Waals surface area contributed by atoms with E-state index >= 15 is 0 Å². The summed E-state index contributed by atoms with van der Waals surface area (Å²) in [6, 6.07) is 8.70. The molecule has 0 spiro atoms. The largest absolute Gasteiger partial charge is 0.393 e. The molecule has 3 N–H and O–H groups in total. The van der Waals surface area contributed by atoms with Crippen molar-refractivity contribution in [3.63, 3.8) is 0 Å². The summed E-state index contributed by atoms with van der Waals surface area (Å²) in [5, 5.41) is 23.6. The van der Waals surface area contributed by atoms with Crippen molar-refractivity contribution in [2.24, 2.45) is 0 Å². The minimum atomic E-state index is -1.05. The number of carbonyl (C=O) groups is 1. The van der Waals surface area contributed by atoms with Crippen LogP contribution >= 0.6 is 0 Å². The molecule has 1 aromatic carbocycles. The second kappa shape index (κ2) is 6.36. The van der Waals surface area contributed by atoms with Crippen LogP contribution in [0.3, 0.4) is 0 Å². The number of aromatic amines is 1. The third-order valence-electron chi connectivity index (χ3n) is 4.46. The van der Waals surface area contributed by atoms with Crippen LogP contribution in [0.4, 0.5) is 0 Å². The van der Waals surface area contributed by atoms with Crippen molar-refractivity contribution in [2.75, 3.05) is 13.2 Å². The number of H-pyrrole nitrogens is 1. The maximum Gasteiger partial charge on any atom is 0.346 e. The number of amides is 1. The Balaban J connectivity index is 1.66. The van der Waals surface area contributed by atoms with E-state index in [-0.39, 0.29) is 18.1 Å². The second-order valence-corrected chi connectivity index (χ2v) is 6.14. The molecule has 1 aliphatic rings. The Hall–Kier alpha value is -3.04. The topological polar surface area (TPSA) is 124 Å². The highest BCUT2D eigenvalue weighted by Gasteiger charge is 2.26. The molecule has 0 bridgehead atoms. The molecule has 0 aliphatic carbocycles. The van der Waals surface area contributed by atoms with E-state index in [1.165, 1.54) is 0 Å². The SMILES string of the molecule is O=C(c1nc(=O)[nH]c2ccccc12)N1CCn2nc(C(O)CO)cc2C1. The van der Waals surface area contributed by atoms with Gasteiger partial charge in [0.05, 0.1) is 36.6 Å². The Morgan fingerprint density at radius 2 is 2.12 bits per heavy atom. The van der Waals surface area contributed by atoms with Crippen LogP contribution in [0.15, 0.2) is 35.1 Å².